The van der Waals surface area contributed by atoms with E-state index in [-0.39, 0.29) is 11.3 Å². The minimum absolute atomic E-state index is 0.147. The average Bonchev–Trinajstić information content (AvgIpc) is 2.28. The van der Waals surface area contributed by atoms with Crippen molar-refractivity contribution < 1.29 is 5.11 Å². The summed E-state index contributed by atoms with van der Waals surface area (Å²) in [6, 6.07) is 10.8. The Morgan fingerprint density at radius 3 is 2.82 bits per heavy atom. The van der Waals surface area contributed by atoms with Crippen molar-refractivity contribution in [2.45, 2.75) is 6.92 Å². The molecule has 84 valence electrons. The van der Waals surface area contributed by atoms with Gasteiger partial charge in [0.15, 0.2) is 0 Å². The van der Waals surface area contributed by atoms with E-state index in [4.69, 9.17) is 0 Å². The van der Waals surface area contributed by atoms with Crippen LogP contribution in [0.15, 0.2) is 41.2 Å². The highest BCUT2D eigenvalue weighted by atomic mass is 16.3. The van der Waals surface area contributed by atoms with E-state index in [0.717, 1.165) is 16.3 Å². The lowest BCUT2D eigenvalue weighted by molar-refractivity contribution is 0.482. The van der Waals surface area contributed by atoms with Crippen molar-refractivity contribution in [3.05, 3.63) is 52.3 Å². The highest BCUT2D eigenvalue weighted by Crippen LogP contribution is 2.31. The number of pyridine rings is 1. The van der Waals surface area contributed by atoms with E-state index in [1.54, 1.807) is 18.2 Å². The molecule has 2 aromatic carbocycles. The summed E-state index contributed by atoms with van der Waals surface area (Å²) in [5.41, 5.74) is 1.46. The van der Waals surface area contributed by atoms with Crippen molar-refractivity contribution in [1.82, 2.24) is 4.98 Å². The predicted octanol–water partition coefficient (Wildman–Crippen LogP) is 2.70. The van der Waals surface area contributed by atoms with Gasteiger partial charge in [-0.2, -0.15) is 0 Å². The average molecular weight is 225 g/mol. The normalized spacial score (nSPS) is 11.1. The summed E-state index contributed by atoms with van der Waals surface area (Å²) in [5, 5.41) is 12.5. The van der Waals surface area contributed by atoms with E-state index in [9.17, 15) is 9.90 Å². The van der Waals surface area contributed by atoms with Crippen LogP contribution in [0.2, 0.25) is 0 Å². The van der Waals surface area contributed by atoms with Crippen LogP contribution in [0.1, 0.15) is 5.56 Å². The standard InChI is InChI=1S/C14H11NO2/c1-8-7-12(17)15-14-10(8)6-5-9-3-2-4-11(16)13(9)14/h2-7,16H,1H3,(H,15,17). The number of H-pyrrole nitrogens is 1. The third kappa shape index (κ3) is 1.40. The molecule has 0 aliphatic carbocycles. The SMILES string of the molecule is Cc1cc(=O)[nH]c2c1ccc1cccc(O)c12. The van der Waals surface area contributed by atoms with Crippen molar-refractivity contribution >= 4 is 21.7 Å². The molecule has 3 nitrogen and oxygen atoms in total. The first-order valence-corrected chi connectivity index (χ1v) is 5.41. The molecule has 3 heteroatoms. The molecule has 3 aromatic rings. The van der Waals surface area contributed by atoms with Crippen LogP contribution in [0.5, 0.6) is 5.75 Å². The molecular formula is C14H11NO2. The van der Waals surface area contributed by atoms with Gasteiger partial charge in [-0.05, 0) is 23.9 Å². The number of aromatic nitrogens is 1. The number of benzene rings is 2. The minimum atomic E-state index is -0.147. The fraction of sp³-hybridized carbons (Fsp3) is 0.0714. The van der Waals surface area contributed by atoms with Gasteiger partial charge in [-0.3, -0.25) is 4.79 Å². The molecule has 1 heterocycles. The van der Waals surface area contributed by atoms with Gasteiger partial charge in [-0.25, -0.2) is 0 Å². The summed E-state index contributed by atoms with van der Waals surface area (Å²) in [4.78, 5) is 14.3. The van der Waals surface area contributed by atoms with Crippen molar-refractivity contribution in [3.8, 4) is 5.75 Å². The molecule has 0 aliphatic rings. The number of aryl methyl sites for hydroxylation is 1. The monoisotopic (exact) mass is 225 g/mol. The van der Waals surface area contributed by atoms with Crippen LogP contribution in [-0.2, 0) is 0 Å². The van der Waals surface area contributed by atoms with Gasteiger partial charge in [0.1, 0.15) is 5.75 Å². The molecule has 0 aliphatic heterocycles. The zero-order chi connectivity index (χ0) is 12.0. The molecule has 0 radical (unpaired) electrons. The topological polar surface area (TPSA) is 53.1 Å². The fourth-order valence-corrected chi connectivity index (χ4v) is 2.25. The summed E-state index contributed by atoms with van der Waals surface area (Å²) >= 11 is 0. The number of hydrogen-bond acceptors (Lipinski definition) is 2. The molecule has 1 aromatic heterocycles. The van der Waals surface area contributed by atoms with E-state index in [2.05, 4.69) is 4.98 Å². The summed E-state index contributed by atoms with van der Waals surface area (Å²) < 4.78 is 0. The van der Waals surface area contributed by atoms with Gasteiger partial charge >= 0.3 is 0 Å². The fourth-order valence-electron chi connectivity index (χ4n) is 2.25. The van der Waals surface area contributed by atoms with E-state index in [1.165, 1.54) is 0 Å². The van der Waals surface area contributed by atoms with Crippen LogP contribution < -0.4 is 5.56 Å². The number of aromatic amines is 1. The first kappa shape index (κ1) is 9.90. The molecule has 2 N–H and O–H groups in total. The smallest absolute Gasteiger partial charge is 0.248 e. The number of phenols is 1. The summed E-state index contributed by atoms with van der Waals surface area (Å²) in [6.45, 7) is 1.89. The second kappa shape index (κ2) is 3.35. The van der Waals surface area contributed by atoms with Crippen LogP contribution in [0, 0.1) is 6.92 Å². The third-order valence-electron chi connectivity index (χ3n) is 3.04. The quantitative estimate of drug-likeness (QED) is 0.578. The summed E-state index contributed by atoms with van der Waals surface area (Å²) in [7, 11) is 0. The zero-order valence-corrected chi connectivity index (χ0v) is 9.32. The van der Waals surface area contributed by atoms with Crippen LogP contribution in [0.4, 0.5) is 0 Å². The Bertz CT molecular complexity index is 787. The lowest BCUT2D eigenvalue weighted by atomic mass is 10.0. The second-order valence-corrected chi connectivity index (χ2v) is 4.18. The van der Waals surface area contributed by atoms with Crippen molar-refractivity contribution in [1.29, 1.82) is 0 Å². The van der Waals surface area contributed by atoms with Crippen LogP contribution in [0.3, 0.4) is 0 Å². The van der Waals surface area contributed by atoms with Gasteiger partial charge in [0.05, 0.1) is 5.52 Å². The van der Waals surface area contributed by atoms with Crippen molar-refractivity contribution in [3.63, 3.8) is 0 Å². The van der Waals surface area contributed by atoms with Gasteiger partial charge in [0.2, 0.25) is 5.56 Å². The molecular weight excluding hydrogens is 214 g/mol. The Morgan fingerprint density at radius 2 is 2.00 bits per heavy atom. The summed E-state index contributed by atoms with van der Waals surface area (Å²) in [6.07, 6.45) is 0. The number of hydrogen-bond donors (Lipinski definition) is 2. The predicted molar refractivity (Wildman–Crippen MR) is 68.5 cm³/mol. The van der Waals surface area contributed by atoms with Crippen LogP contribution in [0.25, 0.3) is 21.7 Å². The molecule has 0 bridgehead atoms. The van der Waals surface area contributed by atoms with E-state index >= 15 is 0 Å². The molecule has 3 rings (SSSR count). The Kier molecular flexibility index (Phi) is 1.95. The molecule has 0 fully saturated rings. The zero-order valence-electron chi connectivity index (χ0n) is 9.32. The Labute approximate surface area is 97.3 Å². The molecule has 0 unspecified atom stereocenters. The number of fused-ring (bicyclic) bond motifs is 3. The first-order chi connectivity index (χ1) is 8.16. The maximum atomic E-state index is 11.5. The highest BCUT2D eigenvalue weighted by molar-refractivity contribution is 6.09. The molecule has 0 saturated carbocycles. The molecule has 17 heavy (non-hydrogen) atoms. The molecule has 0 amide bonds. The maximum Gasteiger partial charge on any atom is 0.248 e. The minimum Gasteiger partial charge on any atom is -0.507 e. The van der Waals surface area contributed by atoms with E-state index < -0.39 is 0 Å². The van der Waals surface area contributed by atoms with E-state index in [1.807, 2.05) is 25.1 Å². The molecule has 0 saturated heterocycles. The summed E-state index contributed by atoms with van der Waals surface area (Å²) in [5.74, 6) is 0.189. The Morgan fingerprint density at radius 1 is 1.18 bits per heavy atom. The van der Waals surface area contributed by atoms with Gasteiger partial charge < -0.3 is 10.1 Å². The van der Waals surface area contributed by atoms with Gasteiger partial charge in [-0.15, -0.1) is 0 Å². The van der Waals surface area contributed by atoms with Crippen LogP contribution >= 0.6 is 0 Å². The number of aromatic hydroxyl groups is 1. The van der Waals surface area contributed by atoms with Crippen LogP contribution in [-0.4, -0.2) is 10.1 Å². The van der Waals surface area contributed by atoms with Gasteiger partial charge in [0.25, 0.3) is 0 Å². The highest BCUT2D eigenvalue weighted by Gasteiger charge is 2.07. The largest absolute Gasteiger partial charge is 0.507 e. The Balaban J connectivity index is 2.68. The van der Waals surface area contributed by atoms with E-state index in [0.29, 0.717) is 10.9 Å². The number of rotatable bonds is 0. The number of phenolic OH excluding ortho intramolecular Hbond substituents is 1. The first-order valence-electron chi connectivity index (χ1n) is 5.41. The van der Waals surface area contributed by atoms with Gasteiger partial charge in [-0.1, -0.05) is 24.3 Å². The maximum absolute atomic E-state index is 11.5. The van der Waals surface area contributed by atoms with Crippen molar-refractivity contribution in [2.24, 2.45) is 0 Å². The third-order valence-corrected chi connectivity index (χ3v) is 3.04. The Hall–Kier alpha value is -2.29. The lowest BCUT2D eigenvalue weighted by Crippen LogP contribution is -2.05. The molecule has 0 spiro atoms. The lowest BCUT2D eigenvalue weighted by Gasteiger charge is -2.07. The molecule has 0 atom stereocenters. The second-order valence-electron chi connectivity index (χ2n) is 4.18. The van der Waals surface area contributed by atoms with Gasteiger partial charge in [0, 0.05) is 16.8 Å². The van der Waals surface area contributed by atoms with Crippen molar-refractivity contribution in [2.75, 3.05) is 0 Å². The number of nitrogens with one attached hydrogen (secondary N) is 1.